The standard InChI is InChI=1S/CH4O.NO3.Zr/c1-2;2-1(3)4;/h2H,1H3;;/q;-1;. The second-order valence-electron chi connectivity index (χ2n) is 0.224. The summed E-state index contributed by atoms with van der Waals surface area (Å²) in [7, 11) is 1.00. The quantitative estimate of drug-likeness (QED) is 0.402. The molecule has 5 nitrogen and oxygen atoms in total. The van der Waals surface area contributed by atoms with E-state index in [4.69, 9.17) is 20.4 Å². The van der Waals surface area contributed by atoms with Gasteiger partial charge in [0.25, 0.3) is 0 Å². The van der Waals surface area contributed by atoms with Crippen molar-refractivity contribution in [3.63, 3.8) is 0 Å². The van der Waals surface area contributed by atoms with Crippen LogP contribution in [0.3, 0.4) is 0 Å². The molecular formula is CH4NO4Zr-. The Balaban J connectivity index is -0.0000000480. The molecular weight excluding hydrogens is 181 g/mol. The van der Waals surface area contributed by atoms with Gasteiger partial charge in [0.1, 0.15) is 0 Å². The average Bonchev–Trinajstić information content (AvgIpc) is 1.41. The van der Waals surface area contributed by atoms with Crippen molar-refractivity contribution in [2.75, 3.05) is 7.11 Å². The zero-order valence-electron chi connectivity index (χ0n) is 3.62. The summed E-state index contributed by atoms with van der Waals surface area (Å²) in [5.74, 6) is 0. The summed E-state index contributed by atoms with van der Waals surface area (Å²) < 4.78 is 0. The molecule has 0 atom stereocenters. The number of aliphatic hydroxyl groups excluding tert-OH is 1. The van der Waals surface area contributed by atoms with E-state index in [1.807, 2.05) is 0 Å². The van der Waals surface area contributed by atoms with Crippen LogP contribution in [0, 0.1) is 15.3 Å². The van der Waals surface area contributed by atoms with Gasteiger partial charge in [-0.2, -0.15) is 0 Å². The summed E-state index contributed by atoms with van der Waals surface area (Å²) >= 11 is 0. The smallest absolute Gasteiger partial charge is 0.0689 e. The summed E-state index contributed by atoms with van der Waals surface area (Å²) in [6, 6.07) is 0. The van der Waals surface area contributed by atoms with Gasteiger partial charge < -0.3 is 20.4 Å². The topological polar surface area (TPSA) is 86.4 Å². The minimum atomic E-state index is -1.75. The van der Waals surface area contributed by atoms with Crippen LogP contribution in [0.4, 0.5) is 0 Å². The molecule has 0 aliphatic carbocycles. The van der Waals surface area contributed by atoms with Crippen LogP contribution in [0.1, 0.15) is 0 Å². The van der Waals surface area contributed by atoms with Gasteiger partial charge >= 0.3 is 0 Å². The molecule has 0 fully saturated rings. The minimum absolute atomic E-state index is 0. The maximum absolute atomic E-state index is 8.25. The third-order valence-electron chi connectivity index (χ3n) is 0. The van der Waals surface area contributed by atoms with E-state index < -0.39 is 5.09 Å². The number of nitrogens with zero attached hydrogens (tertiary/aromatic N) is 1. The molecule has 0 aromatic heterocycles. The maximum atomic E-state index is 8.25. The molecule has 6 heteroatoms. The van der Waals surface area contributed by atoms with Gasteiger partial charge in [-0.1, -0.05) is 0 Å². The van der Waals surface area contributed by atoms with E-state index >= 15 is 0 Å². The molecule has 7 heavy (non-hydrogen) atoms. The Morgan fingerprint density at radius 1 is 1.43 bits per heavy atom. The predicted octanol–water partition coefficient (Wildman–Crippen LogP) is -0.633. The fourth-order valence-electron chi connectivity index (χ4n) is 0. The molecule has 0 aromatic rings. The molecule has 0 radical (unpaired) electrons. The molecule has 0 amide bonds. The van der Waals surface area contributed by atoms with Crippen molar-refractivity contribution in [2.24, 2.45) is 0 Å². The fraction of sp³-hybridized carbons (Fsp3) is 1.00. The Bertz CT molecular complexity index is 34.7. The summed E-state index contributed by atoms with van der Waals surface area (Å²) in [5, 5.41) is 21.8. The van der Waals surface area contributed by atoms with Crippen LogP contribution < -0.4 is 0 Å². The van der Waals surface area contributed by atoms with Crippen LogP contribution in [0.25, 0.3) is 0 Å². The van der Waals surface area contributed by atoms with E-state index in [2.05, 4.69) is 0 Å². The van der Waals surface area contributed by atoms with Crippen LogP contribution in [-0.2, 0) is 26.2 Å². The zero-order valence-corrected chi connectivity index (χ0v) is 6.08. The Labute approximate surface area is 59.2 Å². The fourth-order valence-corrected chi connectivity index (χ4v) is 0. The first-order chi connectivity index (χ1) is 2.73. The molecule has 0 unspecified atom stereocenters. The summed E-state index contributed by atoms with van der Waals surface area (Å²) in [6.45, 7) is 0. The molecule has 42 valence electrons. The average molecular weight is 185 g/mol. The Morgan fingerprint density at radius 3 is 1.43 bits per heavy atom. The van der Waals surface area contributed by atoms with Gasteiger partial charge in [0.15, 0.2) is 0 Å². The zero-order chi connectivity index (χ0) is 5.58. The van der Waals surface area contributed by atoms with Crippen LogP contribution in [0.5, 0.6) is 0 Å². The first-order valence-electron chi connectivity index (χ1n) is 0.995. The normalized spacial score (nSPS) is 4.29. The Hall–Kier alpha value is 0.0431. The summed E-state index contributed by atoms with van der Waals surface area (Å²) in [6.07, 6.45) is 0. The van der Waals surface area contributed by atoms with Gasteiger partial charge in [0, 0.05) is 33.3 Å². The second-order valence-corrected chi connectivity index (χ2v) is 0.224. The van der Waals surface area contributed by atoms with Crippen molar-refractivity contribution in [3.05, 3.63) is 15.3 Å². The second kappa shape index (κ2) is 16.6. The van der Waals surface area contributed by atoms with Crippen LogP contribution >= 0.6 is 0 Å². The maximum Gasteiger partial charge on any atom is 0.0689 e. The van der Waals surface area contributed by atoms with E-state index in [-0.39, 0.29) is 26.2 Å². The number of aliphatic hydroxyl groups is 1. The first-order valence-corrected chi connectivity index (χ1v) is 0.995. The molecule has 1 N–H and O–H groups in total. The predicted molar refractivity (Wildman–Crippen MR) is 18.5 cm³/mol. The van der Waals surface area contributed by atoms with Crippen LogP contribution in [-0.4, -0.2) is 17.3 Å². The van der Waals surface area contributed by atoms with Gasteiger partial charge in [-0.15, -0.1) is 0 Å². The summed E-state index contributed by atoms with van der Waals surface area (Å²) in [5.41, 5.74) is 0. The molecule has 0 rings (SSSR count). The Kier molecular flexibility index (Phi) is 37.3. The molecule has 0 spiro atoms. The largest absolute Gasteiger partial charge is 0.400 e. The van der Waals surface area contributed by atoms with Crippen molar-refractivity contribution in [1.82, 2.24) is 0 Å². The van der Waals surface area contributed by atoms with Crippen molar-refractivity contribution in [2.45, 2.75) is 0 Å². The number of rotatable bonds is 0. The van der Waals surface area contributed by atoms with Crippen molar-refractivity contribution >= 4 is 0 Å². The minimum Gasteiger partial charge on any atom is -0.400 e. The Morgan fingerprint density at radius 2 is 1.43 bits per heavy atom. The molecule has 0 saturated carbocycles. The van der Waals surface area contributed by atoms with Crippen molar-refractivity contribution in [1.29, 1.82) is 0 Å². The number of hydrogen-bond donors (Lipinski definition) is 1. The molecule has 0 aliphatic heterocycles. The van der Waals surface area contributed by atoms with Gasteiger partial charge in [0.05, 0.1) is 5.09 Å². The van der Waals surface area contributed by atoms with E-state index in [0.29, 0.717) is 0 Å². The summed E-state index contributed by atoms with van der Waals surface area (Å²) in [4.78, 5) is 8.25. The molecule has 0 aliphatic rings. The molecule has 0 aromatic carbocycles. The van der Waals surface area contributed by atoms with Crippen molar-refractivity contribution < 1.29 is 36.4 Å². The monoisotopic (exact) mass is 184 g/mol. The van der Waals surface area contributed by atoms with Gasteiger partial charge in [-0.25, -0.2) is 0 Å². The van der Waals surface area contributed by atoms with Crippen LogP contribution in [0.2, 0.25) is 0 Å². The van der Waals surface area contributed by atoms with Gasteiger partial charge in [-0.3, -0.25) is 0 Å². The molecule has 0 heterocycles. The third-order valence-corrected chi connectivity index (χ3v) is 0. The van der Waals surface area contributed by atoms with Gasteiger partial charge in [0.2, 0.25) is 0 Å². The van der Waals surface area contributed by atoms with E-state index in [0.717, 1.165) is 7.11 Å². The molecule has 0 saturated heterocycles. The van der Waals surface area contributed by atoms with Crippen LogP contribution in [0.15, 0.2) is 0 Å². The molecule has 0 bridgehead atoms. The first kappa shape index (κ1) is 15.7. The number of hydrogen-bond acceptors (Lipinski definition) is 4. The van der Waals surface area contributed by atoms with E-state index in [1.54, 1.807) is 0 Å². The third kappa shape index (κ3) is 53100. The van der Waals surface area contributed by atoms with Crippen molar-refractivity contribution in [3.8, 4) is 0 Å². The van der Waals surface area contributed by atoms with Gasteiger partial charge in [-0.05, 0) is 0 Å². The van der Waals surface area contributed by atoms with E-state index in [9.17, 15) is 0 Å². The SMILES string of the molecule is CO.O=[N+]([O-])[O-].[Zr]. The van der Waals surface area contributed by atoms with E-state index in [1.165, 1.54) is 0 Å².